The molecule has 4 nitrogen and oxygen atoms in total. The Morgan fingerprint density at radius 1 is 1.33 bits per heavy atom. The van der Waals surface area contributed by atoms with Gasteiger partial charge in [-0.2, -0.15) is 0 Å². The monoisotopic (exact) mass is 312 g/mol. The molecule has 0 saturated carbocycles. The Balaban J connectivity index is 2.35. The van der Waals surface area contributed by atoms with Crippen molar-refractivity contribution in [3.8, 4) is 0 Å². The first-order valence-corrected chi connectivity index (χ1v) is 7.28. The molecule has 0 aromatic carbocycles. The van der Waals surface area contributed by atoms with E-state index in [-0.39, 0.29) is 0 Å². The van der Waals surface area contributed by atoms with Crippen molar-refractivity contribution in [2.45, 2.75) is 33.2 Å². The number of hydrogen-bond donors (Lipinski definition) is 1. The Labute approximate surface area is 117 Å². The summed E-state index contributed by atoms with van der Waals surface area (Å²) < 4.78 is 0.959. The van der Waals surface area contributed by atoms with Crippen LogP contribution in [0.5, 0.6) is 0 Å². The lowest BCUT2D eigenvalue weighted by Gasteiger charge is -2.42. The maximum Gasteiger partial charge on any atom is 0.148 e. The predicted molar refractivity (Wildman–Crippen MR) is 79.0 cm³/mol. The van der Waals surface area contributed by atoms with Crippen LogP contribution in [0.3, 0.4) is 0 Å². The van der Waals surface area contributed by atoms with Gasteiger partial charge in [0.1, 0.15) is 22.4 Å². The van der Waals surface area contributed by atoms with Gasteiger partial charge in [0.25, 0.3) is 0 Å². The van der Waals surface area contributed by atoms with Crippen LogP contribution in [0.15, 0.2) is 10.8 Å². The molecule has 1 fully saturated rings. The van der Waals surface area contributed by atoms with Crippen LogP contribution in [0.1, 0.15) is 27.2 Å². The summed E-state index contributed by atoms with van der Waals surface area (Å²) in [7, 11) is 1.88. The summed E-state index contributed by atoms with van der Waals surface area (Å²) in [5.41, 5.74) is 0. The zero-order valence-electron chi connectivity index (χ0n) is 11.4. The van der Waals surface area contributed by atoms with Crippen LogP contribution >= 0.6 is 15.9 Å². The van der Waals surface area contributed by atoms with Crippen LogP contribution in [0, 0.1) is 11.8 Å². The Kier molecular flexibility index (Phi) is 4.10. The molecular formula is C13H21BrN4. The molecule has 100 valence electrons. The van der Waals surface area contributed by atoms with Gasteiger partial charge in [0.15, 0.2) is 0 Å². The Hall–Kier alpha value is -0.840. The minimum absolute atomic E-state index is 0.511. The van der Waals surface area contributed by atoms with Crippen molar-refractivity contribution in [2.75, 3.05) is 23.8 Å². The molecule has 0 bridgehead atoms. The van der Waals surface area contributed by atoms with Crippen molar-refractivity contribution in [1.29, 1.82) is 0 Å². The third-order valence-electron chi connectivity index (χ3n) is 3.88. The van der Waals surface area contributed by atoms with E-state index >= 15 is 0 Å². The van der Waals surface area contributed by atoms with Gasteiger partial charge in [-0.25, -0.2) is 9.97 Å². The van der Waals surface area contributed by atoms with Gasteiger partial charge in [-0.3, -0.25) is 0 Å². The van der Waals surface area contributed by atoms with E-state index in [2.05, 4.69) is 56.9 Å². The first-order valence-electron chi connectivity index (χ1n) is 6.49. The molecule has 1 N–H and O–H groups in total. The second-order valence-electron chi connectivity index (χ2n) is 5.32. The van der Waals surface area contributed by atoms with Gasteiger partial charge >= 0.3 is 0 Å². The topological polar surface area (TPSA) is 41.1 Å². The molecule has 18 heavy (non-hydrogen) atoms. The van der Waals surface area contributed by atoms with Crippen LogP contribution in [0.2, 0.25) is 0 Å². The highest BCUT2D eigenvalue weighted by atomic mass is 79.9. The second-order valence-corrected chi connectivity index (χ2v) is 6.11. The number of piperidine rings is 1. The standard InChI is InChI=1S/C13H21BrN4/c1-8-5-9(2)10(3)18(6-8)13-11(14)12(15-4)16-7-17-13/h7-10H,5-6H2,1-4H3,(H,15,16,17). The minimum Gasteiger partial charge on any atom is -0.372 e. The first-order chi connectivity index (χ1) is 8.54. The van der Waals surface area contributed by atoms with E-state index in [1.807, 2.05) is 7.05 Å². The smallest absolute Gasteiger partial charge is 0.148 e. The molecule has 1 aromatic heterocycles. The number of nitrogens with one attached hydrogen (secondary N) is 1. The Bertz CT molecular complexity index is 423. The molecule has 1 aliphatic rings. The van der Waals surface area contributed by atoms with Gasteiger partial charge in [-0.1, -0.05) is 13.8 Å². The molecule has 0 aliphatic carbocycles. The lowest BCUT2D eigenvalue weighted by molar-refractivity contribution is 0.295. The van der Waals surface area contributed by atoms with E-state index in [0.29, 0.717) is 17.9 Å². The molecule has 3 atom stereocenters. The summed E-state index contributed by atoms with van der Waals surface area (Å²) >= 11 is 3.62. The van der Waals surface area contributed by atoms with E-state index in [0.717, 1.165) is 22.7 Å². The number of halogens is 1. The molecule has 2 rings (SSSR count). The van der Waals surface area contributed by atoms with Crippen LogP contribution in [0.25, 0.3) is 0 Å². The number of rotatable bonds is 2. The molecule has 2 heterocycles. The summed E-state index contributed by atoms with van der Waals surface area (Å²) in [6.07, 6.45) is 2.92. The predicted octanol–water partition coefficient (Wildman–Crippen LogP) is 3.15. The molecule has 0 radical (unpaired) electrons. The second kappa shape index (κ2) is 5.43. The highest BCUT2D eigenvalue weighted by molar-refractivity contribution is 9.10. The van der Waals surface area contributed by atoms with Gasteiger partial charge in [-0.05, 0) is 41.1 Å². The fourth-order valence-electron chi connectivity index (χ4n) is 2.73. The molecule has 1 saturated heterocycles. The van der Waals surface area contributed by atoms with Crippen molar-refractivity contribution >= 4 is 27.6 Å². The van der Waals surface area contributed by atoms with E-state index in [1.54, 1.807) is 6.33 Å². The van der Waals surface area contributed by atoms with Crippen LogP contribution in [0.4, 0.5) is 11.6 Å². The zero-order valence-corrected chi connectivity index (χ0v) is 13.0. The fourth-order valence-corrected chi connectivity index (χ4v) is 3.36. The Morgan fingerprint density at radius 3 is 2.72 bits per heavy atom. The largest absolute Gasteiger partial charge is 0.372 e. The van der Waals surface area contributed by atoms with Crippen molar-refractivity contribution in [1.82, 2.24) is 9.97 Å². The lowest BCUT2D eigenvalue weighted by atomic mass is 9.86. The van der Waals surface area contributed by atoms with Crippen LogP contribution in [-0.4, -0.2) is 29.6 Å². The molecule has 1 aliphatic heterocycles. The van der Waals surface area contributed by atoms with E-state index in [4.69, 9.17) is 0 Å². The number of anilines is 2. The van der Waals surface area contributed by atoms with Crippen LogP contribution in [-0.2, 0) is 0 Å². The van der Waals surface area contributed by atoms with Gasteiger partial charge in [0.05, 0.1) is 0 Å². The Morgan fingerprint density at radius 2 is 2.06 bits per heavy atom. The number of aromatic nitrogens is 2. The van der Waals surface area contributed by atoms with Crippen molar-refractivity contribution in [3.63, 3.8) is 0 Å². The third kappa shape index (κ3) is 2.46. The minimum atomic E-state index is 0.511. The first kappa shape index (κ1) is 13.6. The molecule has 0 amide bonds. The lowest BCUT2D eigenvalue weighted by Crippen LogP contribution is -2.46. The van der Waals surface area contributed by atoms with Gasteiger partial charge in [0, 0.05) is 19.6 Å². The number of nitrogens with zero attached hydrogens (tertiary/aromatic N) is 3. The van der Waals surface area contributed by atoms with Gasteiger partial charge < -0.3 is 10.2 Å². The molecule has 3 unspecified atom stereocenters. The highest BCUT2D eigenvalue weighted by Gasteiger charge is 2.31. The zero-order chi connectivity index (χ0) is 13.3. The molecule has 0 spiro atoms. The summed E-state index contributed by atoms with van der Waals surface area (Å²) in [6, 6.07) is 0.511. The molecule has 5 heteroatoms. The van der Waals surface area contributed by atoms with Crippen LogP contribution < -0.4 is 10.2 Å². The average molecular weight is 313 g/mol. The summed E-state index contributed by atoms with van der Waals surface area (Å²) in [5.74, 6) is 3.24. The quantitative estimate of drug-likeness (QED) is 0.910. The SMILES string of the molecule is CNc1ncnc(N2CC(C)CC(C)C2C)c1Br. The highest BCUT2D eigenvalue weighted by Crippen LogP contribution is 2.36. The van der Waals surface area contributed by atoms with Crippen molar-refractivity contribution in [3.05, 3.63) is 10.8 Å². The fraction of sp³-hybridized carbons (Fsp3) is 0.692. The molecule has 1 aromatic rings. The average Bonchev–Trinajstić information content (AvgIpc) is 2.34. The van der Waals surface area contributed by atoms with Gasteiger partial charge in [0.2, 0.25) is 0 Å². The summed E-state index contributed by atoms with van der Waals surface area (Å²) in [4.78, 5) is 11.1. The maximum absolute atomic E-state index is 4.46. The van der Waals surface area contributed by atoms with Crippen molar-refractivity contribution < 1.29 is 0 Å². The van der Waals surface area contributed by atoms with E-state index in [1.165, 1.54) is 6.42 Å². The summed E-state index contributed by atoms with van der Waals surface area (Å²) in [5, 5.41) is 3.09. The number of hydrogen-bond acceptors (Lipinski definition) is 4. The molecular weight excluding hydrogens is 292 g/mol. The normalized spacial score (nSPS) is 28.3. The van der Waals surface area contributed by atoms with E-state index < -0.39 is 0 Å². The summed E-state index contributed by atoms with van der Waals surface area (Å²) in [6.45, 7) is 7.97. The van der Waals surface area contributed by atoms with Crippen molar-refractivity contribution in [2.24, 2.45) is 11.8 Å². The third-order valence-corrected chi connectivity index (χ3v) is 4.61. The van der Waals surface area contributed by atoms with Gasteiger partial charge in [-0.15, -0.1) is 0 Å². The maximum atomic E-state index is 4.46. The van der Waals surface area contributed by atoms with E-state index in [9.17, 15) is 0 Å².